The number of benzene rings is 1. The zero-order valence-corrected chi connectivity index (χ0v) is 20.5. The average molecular weight is 503 g/mol. The first-order valence-corrected chi connectivity index (χ1v) is 12.6. The molecule has 1 atom stereocenters. The van der Waals surface area contributed by atoms with Gasteiger partial charge in [-0.15, -0.1) is 5.10 Å². The monoisotopic (exact) mass is 502 g/mol. The maximum absolute atomic E-state index is 11.3. The highest BCUT2D eigenvalue weighted by molar-refractivity contribution is 5.93. The van der Waals surface area contributed by atoms with Gasteiger partial charge in [-0.3, -0.25) is 9.69 Å². The lowest BCUT2D eigenvalue weighted by Crippen LogP contribution is -2.49. The molecular weight excluding hydrogens is 472 g/mol. The first-order valence-electron chi connectivity index (χ1n) is 12.6. The zero-order valence-electron chi connectivity index (χ0n) is 20.5. The average Bonchev–Trinajstić information content (AvgIpc) is 3.60. The quantitative estimate of drug-likeness (QED) is 0.397. The maximum Gasteiger partial charge on any atom is 0.259 e. The number of rotatable bonds is 6. The molecule has 37 heavy (non-hydrogen) atoms. The van der Waals surface area contributed by atoms with Crippen molar-refractivity contribution in [3.8, 4) is 11.6 Å². The number of hydrogen-bond acceptors (Lipinski definition) is 10. The standard InChI is InChI=1S/C25H30N10O2/c26-21(36)18-5-7-19(8-6-18)33-12-10-32(11-13-33)15-17-3-1-9-34(16-17)24-29-23(27)35-25(30-24)28-22(31-35)20-4-2-14-37-20/h2,4-8,14,17H,1,3,9-13,15-16H2,(H2,26,36)(H2,27,28,29,30,31). The Bertz CT molecular complexity index is 1380. The van der Waals surface area contributed by atoms with Gasteiger partial charge in [-0.05, 0) is 55.2 Å². The first kappa shape index (κ1) is 23.2. The van der Waals surface area contributed by atoms with Crippen LogP contribution in [0.2, 0.25) is 0 Å². The summed E-state index contributed by atoms with van der Waals surface area (Å²) in [4.78, 5) is 32.1. The van der Waals surface area contributed by atoms with Crippen LogP contribution >= 0.6 is 0 Å². The molecule has 2 saturated heterocycles. The zero-order chi connectivity index (χ0) is 25.4. The van der Waals surface area contributed by atoms with Crippen molar-refractivity contribution in [3.05, 3.63) is 48.2 Å². The van der Waals surface area contributed by atoms with Crippen LogP contribution in [-0.2, 0) is 0 Å². The Morgan fingerprint density at radius 1 is 1.00 bits per heavy atom. The number of amides is 1. The molecule has 0 saturated carbocycles. The Hall–Kier alpha value is -4.19. The number of aromatic nitrogens is 5. The van der Waals surface area contributed by atoms with Gasteiger partial charge >= 0.3 is 0 Å². The van der Waals surface area contributed by atoms with Crippen LogP contribution in [0.5, 0.6) is 0 Å². The lowest BCUT2D eigenvalue weighted by atomic mass is 9.97. The van der Waals surface area contributed by atoms with Crippen LogP contribution < -0.4 is 21.3 Å². The minimum atomic E-state index is -0.397. The number of fused-ring (bicyclic) bond motifs is 1. The van der Waals surface area contributed by atoms with E-state index in [1.165, 1.54) is 10.9 Å². The summed E-state index contributed by atoms with van der Waals surface area (Å²) < 4.78 is 6.85. The van der Waals surface area contributed by atoms with E-state index in [1.807, 2.05) is 12.1 Å². The van der Waals surface area contributed by atoms with E-state index in [-0.39, 0.29) is 5.95 Å². The molecule has 1 aromatic carbocycles. The predicted molar refractivity (Wildman–Crippen MR) is 139 cm³/mol. The summed E-state index contributed by atoms with van der Waals surface area (Å²) in [6.45, 7) is 6.71. The largest absolute Gasteiger partial charge is 0.461 e. The number of nitrogens with two attached hydrogens (primary N) is 2. The summed E-state index contributed by atoms with van der Waals surface area (Å²) >= 11 is 0. The minimum absolute atomic E-state index is 0.257. The summed E-state index contributed by atoms with van der Waals surface area (Å²) in [5.74, 6) is 2.38. The van der Waals surface area contributed by atoms with Gasteiger partial charge in [0.1, 0.15) is 0 Å². The molecule has 5 heterocycles. The fourth-order valence-electron chi connectivity index (χ4n) is 5.23. The molecule has 192 valence electrons. The highest BCUT2D eigenvalue weighted by Crippen LogP contribution is 2.25. The molecule has 1 unspecified atom stereocenters. The van der Waals surface area contributed by atoms with Gasteiger partial charge < -0.3 is 25.7 Å². The van der Waals surface area contributed by atoms with E-state index in [0.29, 0.717) is 34.8 Å². The number of nitrogens with zero attached hydrogens (tertiary/aromatic N) is 8. The Labute approximate surface area is 213 Å². The third-order valence-electron chi connectivity index (χ3n) is 7.17. The topological polar surface area (TPSA) is 148 Å². The Balaban J connectivity index is 1.08. The summed E-state index contributed by atoms with van der Waals surface area (Å²) in [7, 11) is 0. The second-order valence-corrected chi connectivity index (χ2v) is 9.66. The van der Waals surface area contributed by atoms with Crippen LogP contribution in [0.15, 0.2) is 47.1 Å². The van der Waals surface area contributed by atoms with Gasteiger partial charge in [-0.25, -0.2) is 0 Å². The molecule has 6 rings (SSSR count). The summed E-state index contributed by atoms with van der Waals surface area (Å²) in [6.07, 6.45) is 3.84. The lowest BCUT2D eigenvalue weighted by molar-refractivity contribution is 0.100. The molecule has 2 fully saturated rings. The number of hydrogen-bond donors (Lipinski definition) is 2. The number of carbonyl (C=O) groups is 1. The minimum Gasteiger partial charge on any atom is -0.461 e. The van der Waals surface area contributed by atoms with E-state index in [9.17, 15) is 4.79 Å². The van der Waals surface area contributed by atoms with Gasteiger partial charge in [0.25, 0.3) is 5.78 Å². The number of primary amides is 1. The molecule has 12 nitrogen and oxygen atoms in total. The van der Waals surface area contributed by atoms with Crippen molar-refractivity contribution in [2.45, 2.75) is 12.8 Å². The van der Waals surface area contributed by atoms with Gasteiger partial charge in [-0.1, -0.05) is 0 Å². The smallest absolute Gasteiger partial charge is 0.259 e. The van der Waals surface area contributed by atoms with Crippen molar-refractivity contribution in [1.82, 2.24) is 29.5 Å². The molecule has 1 amide bonds. The predicted octanol–water partition coefficient (Wildman–Crippen LogP) is 1.50. The van der Waals surface area contributed by atoms with Crippen molar-refractivity contribution in [2.24, 2.45) is 11.7 Å². The second kappa shape index (κ2) is 9.69. The Morgan fingerprint density at radius 3 is 2.54 bits per heavy atom. The molecule has 4 aromatic rings. The second-order valence-electron chi connectivity index (χ2n) is 9.66. The first-order chi connectivity index (χ1) is 18.0. The third-order valence-corrected chi connectivity index (χ3v) is 7.17. The van der Waals surface area contributed by atoms with Gasteiger partial charge in [0.15, 0.2) is 5.76 Å². The van der Waals surface area contributed by atoms with Crippen LogP contribution in [0.4, 0.5) is 17.6 Å². The van der Waals surface area contributed by atoms with Crippen molar-refractivity contribution >= 4 is 29.3 Å². The molecular formula is C25H30N10O2. The molecule has 2 aliphatic rings. The number of anilines is 3. The molecule has 12 heteroatoms. The van der Waals surface area contributed by atoms with Gasteiger partial charge in [0.2, 0.25) is 23.6 Å². The van der Waals surface area contributed by atoms with Crippen molar-refractivity contribution in [2.75, 3.05) is 61.3 Å². The number of nitrogen functional groups attached to an aromatic ring is 1. The van der Waals surface area contributed by atoms with Crippen LogP contribution in [0.3, 0.4) is 0 Å². The van der Waals surface area contributed by atoms with Gasteiger partial charge in [0.05, 0.1) is 6.26 Å². The van der Waals surface area contributed by atoms with Crippen LogP contribution in [0.1, 0.15) is 23.2 Å². The molecule has 0 radical (unpaired) electrons. The van der Waals surface area contributed by atoms with E-state index in [0.717, 1.165) is 57.9 Å². The van der Waals surface area contributed by atoms with E-state index in [4.69, 9.17) is 15.9 Å². The fraction of sp³-hybridized carbons (Fsp3) is 0.400. The summed E-state index contributed by atoms with van der Waals surface area (Å²) in [6, 6.07) is 11.1. The molecule has 3 aromatic heterocycles. The van der Waals surface area contributed by atoms with Crippen molar-refractivity contribution in [3.63, 3.8) is 0 Å². The molecule has 4 N–H and O–H groups in total. The normalized spacial score (nSPS) is 19.0. The SMILES string of the molecule is NC(=O)c1ccc(N2CCN(CC3CCCN(c4nc(N)n5nc(-c6ccco6)nc5n4)C3)CC2)cc1. The van der Waals surface area contributed by atoms with E-state index >= 15 is 0 Å². The van der Waals surface area contributed by atoms with E-state index in [2.05, 4.69) is 34.8 Å². The number of piperazine rings is 1. The van der Waals surface area contributed by atoms with E-state index in [1.54, 1.807) is 30.5 Å². The fourth-order valence-corrected chi connectivity index (χ4v) is 5.23. The summed E-state index contributed by atoms with van der Waals surface area (Å²) in [5.41, 5.74) is 13.2. The Kier molecular flexibility index (Phi) is 6.08. The Morgan fingerprint density at radius 2 is 1.81 bits per heavy atom. The highest BCUT2D eigenvalue weighted by atomic mass is 16.3. The number of furan rings is 1. The van der Waals surface area contributed by atoms with Crippen LogP contribution in [0, 0.1) is 5.92 Å². The lowest BCUT2D eigenvalue weighted by Gasteiger charge is -2.40. The van der Waals surface area contributed by atoms with Crippen molar-refractivity contribution < 1.29 is 9.21 Å². The van der Waals surface area contributed by atoms with Gasteiger partial charge in [-0.2, -0.15) is 19.5 Å². The molecule has 0 spiro atoms. The van der Waals surface area contributed by atoms with Crippen LogP contribution in [-0.4, -0.2) is 81.2 Å². The molecule has 0 aliphatic carbocycles. The highest BCUT2D eigenvalue weighted by Gasteiger charge is 2.27. The third kappa shape index (κ3) is 4.79. The molecule has 0 bridgehead atoms. The van der Waals surface area contributed by atoms with Crippen molar-refractivity contribution in [1.29, 1.82) is 0 Å². The number of carbonyl (C=O) groups excluding carboxylic acids is 1. The van der Waals surface area contributed by atoms with E-state index < -0.39 is 5.91 Å². The van der Waals surface area contributed by atoms with Gasteiger partial charge in [0, 0.05) is 57.1 Å². The molecule has 2 aliphatic heterocycles. The summed E-state index contributed by atoms with van der Waals surface area (Å²) in [5, 5.41) is 4.39. The number of piperidine rings is 1. The maximum atomic E-state index is 11.3. The van der Waals surface area contributed by atoms with Crippen LogP contribution in [0.25, 0.3) is 17.4 Å².